The van der Waals surface area contributed by atoms with Crippen LogP contribution in [0, 0.1) is 0 Å². The van der Waals surface area contributed by atoms with Gasteiger partial charge in [0.05, 0.1) is 0 Å². The standard InChI is InChI=1S/C14H21NO/c1-10(2)15(3)14-6-4-5-11-9-12(16)7-8-13(11)14/h7-10,14,16H,4-6H2,1-3H3. The number of aromatic hydroxyl groups is 1. The largest absolute Gasteiger partial charge is 0.508 e. The first kappa shape index (κ1) is 11.5. The molecule has 1 N–H and O–H groups in total. The third-order valence-electron chi connectivity index (χ3n) is 3.72. The van der Waals surface area contributed by atoms with E-state index in [2.05, 4.69) is 31.9 Å². The van der Waals surface area contributed by atoms with E-state index in [0.717, 1.165) is 6.42 Å². The Hall–Kier alpha value is -1.02. The molecule has 0 aliphatic heterocycles. The van der Waals surface area contributed by atoms with Crippen molar-refractivity contribution in [3.8, 4) is 5.75 Å². The average molecular weight is 219 g/mol. The smallest absolute Gasteiger partial charge is 0.115 e. The number of nitrogens with zero attached hydrogens (tertiary/aromatic N) is 1. The van der Waals surface area contributed by atoms with Crippen molar-refractivity contribution in [3.05, 3.63) is 29.3 Å². The lowest BCUT2D eigenvalue weighted by Gasteiger charge is -2.35. The molecule has 0 fully saturated rings. The molecule has 1 unspecified atom stereocenters. The van der Waals surface area contributed by atoms with Crippen molar-refractivity contribution in [3.63, 3.8) is 0 Å². The molecule has 0 spiro atoms. The number of hydrogen-bond acceptors (Lipinski definition) is 2. The van der Waals surface area contributed by atoms with E-state index >= 15 is 0 Å². The average Bonchev–Trinajstić information content (AvgIpc) is 2.26. The van der Waals surface area contributed by atoms with Crippen LogP contribution in [0.3, 0.4) is 0 Å². The Bertz CT molecular complexity index is 373. The van der Waals surface area contributed by atoms with Crippen molar-refractivity contribution in [2.75, 3.05) is 7.05 Å². The molecule has 1 atom stereocenters. The van der Waals surface area contributed by atoms with E-state index in [9.17, 15) is 5.11 Å². The van der Waals surface area contributed by atoms with Crippen LogP contribution in [0.1, 0.15) is 43.9 Å². The van der Waals surface area contributed by atoms with Crippen LogP contribution < -0.4 is 0 Å². The summed E-state index contributed by atoms with van der Waals surface area (Å²) in [5.74, 6) is 0.395. The first-order valence-corrected chi connectivity index (χ1v) is 6.13. The maximum absolute atomic E-state index is 9.51. The Morgan fingerprint density at radius 3 is 2.81 bits per heavy atom. The molecule has 2 rings (SSSR count). The number of rotatable bonds is 2. The molecule has 0 saturated heterocycles. The summed E-state index contributed by atoms with van der Waals surface area (Å²) in [5, 5.41) is 9.51. The van der Waals surface area contributed by atoms with Gasteiger partial charge < -0.3 is 5.11 Å². The van der Waals surface area contributed by atoms with Crippen molar-refractivity contribution in [1.29, 1.82) is 0 Å². The summed E-state index contributed by atoms with van der Waals surface area (Å²) in [4.78, 5) is 2.43. The Morgan fingerprint density at radius 1 is 1.38 bits per heavy atom. The molecule has 2 nitrogen and oxygen atoms in total. The van der Waals surface area contributed by atoms with Crippen LogP contribution >= 0.6 is 0 Å². The minimum atomic E-state index is 0.395. The maximum atomic E-state index is 9.51. The fourth-order valence-corrected chi connectivity index (χ4v) is 2.56. The molecule has 2 heteroatoms. The van der Waals surface area contributed by atoms with Gasteiger partial charge in [0.2, 0.25) is 0 Å². The Balaban J connectivity index is 2.33. The number of hydrogen-bond donors (Lipinski definition) is 1. The summed E-state index contributed by atoms with van der Waals surface area (Å²) in [6.45, 7) is 4.46. The summed E-state index contributed by atoms with van der Waals surface area (Å²) in [6, 6.07) is 6.91. The van der Waals surface area contributed by atoms with Gasteiger partial charge >= 0.3 is 0 Å². The Labute approximate surface area is 97.9 Å². The van der Waals surface area contributed by atoms with Gasteiger partial charge in [0.1, 0.15) is 5.75 Å². The third-order valence-corrected chi connectivity index (χ3v) is 3.72. The van der Waals surface area contributed by atoms with E-state index in [0.29, 0.717) is 17.8 Å². The second kappa shape index (κ2) is 4.46. The zero-order valence-corrected chi connectivity index (χ0v) is 10.4. The van der Waals surface area contributed by atoms with E-state index in [-0.39, 0.29) is 0 Å². The summed E-state index contributed by atoms with van der Waals surface area (Å²) >= 11 is 0. The number of aryl methyl sites for hydroxylation is 1. The van der Waals surface area contributed by atoms with Crippen LogP contribution in [0.15, 0.2) is 18.2 Å². The quantitative estimate of drug-likeness (QED) is 0.826. The molecule has 0 radical (unpaired) electrons. The molecule has 1 aliphatic rings. The molecule has 0 saturated carbocycles. The molecule has 0 bridgehead atoms. The highest BCUT2D eigenvalue weighted by Crippen LogP contribution is 2.35. The lowest BCUT2D eigenvalue weighted by Crippen LogP contribution is -2.33. The van der Waals surface area contributed by atoms with E-state index in [4.69, 9.17) is 0 Å². The van der Waals surface area contributed by atoms with E-state index in [1.807, 2.05) is 12.1 Å². The summed E-state index contributed by atoms with van der Waals surface area (Å²) in [5.41, 5.74) is 2.73. The highest BCUT2D eigenvalue weighted by Gasteiger charge is 2.24. The molecule has 1 aromatic rings. The first-order valence-electron chi connectivity index (χ1n) is 6.13. The Morgan fingerprint density at radius 2 is 2.12 bits per heavy atom. The molecule has 0 amide bonds. The van der Waals surface area contributed by atoms with Crippen LogP contribution in [0.5, 0.6) is 5.75 Å². The van der Waals surface area contributed by atoms with Crippen molar-refractivity contribution in [1.82, 2.24) is 4.90 Å². The maximum Gasteiger partial charge on any atom is 0.115 e. The molecule has 1 aliphatic carbocycles. The van der Waals surface area contributed by atoms with Gasteiger partial charge in [-0.2, -0.15) is 0 Å². The zero-order chi connectivity index (χ0) is 11.7. The fraction of sp³-hybridized carbons (Fsp3) is 0.571. The van der Waals surface area contributed by atoms with Gasteiger partial charge in [0.25, 0.3) is 0 Å². The first-order chi connectivity index (χ1) is 7.59. The third kappa shape index (κ3) is 2.07. The molecule has 88 valence electrons. The van der Waals surface area contributed by atoms with Crippen molar-refractivity contribution < 1.29 is 5.11 Å². The molecule has 16 heavy (non-hydrogen) atoms. The predicted molar refractivity (Wildman–Crippen MR) is 66.7 cm³/mol. The number of benzene rings is 1. The SMILES string of the molecule is CC(C)N(C)C1CCCc2cc(O)ccc21. The molecular formula is C14H21NO. The number of phenols is 1. The lowest BCUT2D eigenvalue weighted by molar-refractivity contribution is 0.178. The van der Waals surface area contributed by atoms with Crippen LogP contribution in [-0.2, 0) is 6.42 Å². The van der Waals surface area contributed by atoms with Gasteiger partial charge in [-0.05, 0) is 63.4 Å². The molecule has 0 aromatic heterocycles. The lowest BCUT2D eigenvalue weighted by atomic mass is 9.86. The number of fused-ring (bicyclic) bond motifs is 1. The van der Waals surface area contributed by atoms with Crippen LogP contribution in [0.4, 0.5) is 0 Å². The molecule has 1 aromatic carbocycles. The molecular weight excluding hydrogens is 198 g/mol. The van der Waals surface area contributed by atoms with Gasteiger partial charge in [-0.15, -0.1) is 0 Å². The second-order valence-corrected chi connectivity index (χ2v) is 5.05. The van der Waals surface area contributed by atoms with Gasteiger partial charge in [-0.1, -0.05) is 6.07 Å². The van der Waals surface area contributed by atoms with Crippen LogP contribution in [0.2, 0.25) is 0 Å². The zero-order valence-electron chi connectivity index (χ0n) is 10.4. The number of phenolic OH excluding ortho intramolecular Hbond substituents is 1. The minimum Gasteiger partial charge on any atom is -0.508 e. The normalized spacial score (nSPS) is 20.2. The van der Waals surface area contributed by atoms with Crippen molar-refractivity contribution >= 4 is 0 Å². The summed E-state index contributed by atoms with van der Waals surface area (Å²) in [6.07, 6.45) is 3.55. The highest BCUT2D eigenvalue weighted by molar-refractivity contribution is 5.38. The highest BCUT2D eigenvalue weighted by atomic mass is 16.3. The van der Waals surface area contributed by atoms with Gasteiger partial charge in [-0.3, -0.25) is 4.90 Å². The van der Waals surface area contributed by atoms with Crippen molar-refractivity contribution in [2.45, 2.75) is 45.2 Å². The van der Waals surface area contributed by atoms with Crippen molar-refractivity contribution in [2.24, 2.45) is 0 Å². The van der Waals surface area contributed by atoms with Crippen LogP contribution in [0.25, 0.3) is 0 Å². The second-order valence-electron chi connectivity index (χ2n) is 5.05. The van der Waals surface area contributed by atoms with E-state index in [1.54, 1.807) is 0 Å². The fourth-order valence-electron chi connectivity index (χ4n) is 2.56. The predicted octanol–water partition coefficient (Wildman–Crippen LogP) is 3.11. The summed E-state index contributed by atoms with van der Waals surface area (Å²) < 4.78 is 0. The monoisotopic (exact) mass is 219 g/mol. The van der Waals surface area contributed by atoms with Crippen LogP contribution in [-0.4, -0.2) is 23.1 Å². The van der Waals surface area contributed by atoms with E-state index < -0.39 is 0 Å². The topological polar surface area (TPSA) is 23.5 Å². The van der Waals surface area contributed by atoms with Gasteiger partial charge in [0, 0.05) is 12.1 Å². The van der Waals surface area contributed by atoms with Gasteiger partial charge in [0.15, 0.2) is 0 Å². The summed E-state index contributed by atoms with van der Waals surface area (Å²) in [7, 11) is 2.19. The van der Waals surface area contributed by atoms with Gasteiger partial charge in [-0.25, -0.2) is 0 Å². The minimum absolute atomic E-state index is 0.395. The van der Waals surface area contributed by atoms with E-state index in [1.165, 1.54) is 24.0 Å². The molecule has 0 heterocycles. The Kier molecular flexibility index (Phi) is 3.20.